The van der Waals surface area contributed by atoms with Crippen LogP contribution >= 0.6 is 24.8 Å². The molecule has 2 bridgehead atoms. The molecule has 4 rings (SSSR count). The van der Waals surface area contributed by atoms with Gasteiger partial charge in [-0.15, -0.1) is 24.8 Å². The summed E-state index contributed by atoms with van der Waals surface area (Å²) in [4.78, 5) is 9.51. The standard InChI is InChI=1S/C10H11F3N4.2ClH/c11-10(12,13)6-2-14-9(15-3-6)17-4-7-1-8(5-17)16-7;;/h2-3,7-8,16H,1,4-5H2;2*1H. The molecule has 0 aliphatic carbocycles. The third-order valence-electron chi connectivity index (χ3n) is 3.17. The molecular weight excluding hydrogens is 304 g/mol. The van der Waals surface area contributed by atoms with Gasteiger partial charge in [0.1, 0.15) is 0 Å². The highest BCUT2D eigenvalue weighted by Gasteiger charge is 2.37. The Morgan fingerprint density at radius 2 is 1.58 bits per heavy atom. The lowest BCUT2D eigenvalue weighted by atomic mass is 9.92. The van der Waals surface area contributed by atoms with E-state index in [1.54, 1.807) is 0 Å². The van der Waals surface area contributed by atoms with Crippen molar-refractivity contribution in [1.29, 1.82) is 0 Å². The van der Waals surface area contributed by atoms with Gasteiger partial charge in [0, 0.05) is 37.6 Å². The third-order valence-corrected chi connectivity index (χ3v) is 3.17. The number of hydrogen-bond acceptors (Lipinski definition) is 4. The van der Waals surface area contributed by atoms with Crippen molar-refractivity contribution in [2.75, 3.05) is 18.0 Å². The van der Waals surface area contributed by atoms with Crippen LogP contribution in [0.2, 0.25) is 0 Å². The summed E-state index contributed by atoms with van der Waals surface area (Å²) in [5, 5.41) is 3.34. The van der Waals surface area contributed by atoms with Crippen molar-refractivity contribution in [2.24, 2.45) is 0 Å². The Labute approximate surface area is 120 Å². The normalized spacial score (nSPS) is 24.9. The molecule has 1 N–H and O–H groups in total. The van der Waals surface area contributed by atoms with Crippen molar-refractivity contribution in [2.45, 2.75) is 24.7 Å². The van der Waals surface area contributed by atoms with Gasteiger partial charge in [-0.25, -0.2) is 9.97 Å². The van der Waals surface area contributed by atoms with E-state index in [0.29, 0.717) is 18.0 Å². The van der Waals surface area contributed by atoms with Gasteiger partial charge in [0.05, 0.1) is 5.56 Å². The quantitative estimate of drug-likeness (QED) is 0.859. The fourth-order valence-corrected chi connectivity index (χ4v) is 2.31. The van der Waals surface area contributed by atoms with Gasteiger partial charge in [-0.1, -0.05) is 0 Å². The molecule has 0 amide bonds. The summed E-state index contributed by atoms with van der Waals surface area (Å²) in [6.07, 6.45) is -1.55. The van der Waals surface area contributed by atoms with Gasteiger partial charge in [0.2, 0.25) is 5.95 Å². The Hall–Kier alpha value is -0.790. The van der Waals surface area contributed by atoms with Crippen LogP contribution < -0.4 is 10.2 Å². The maximum atomic E-state index is 12.3. The molecular formula is C10H13Cl2F3N4. The second kappa shape index (κ2) is 5.68. The fourth-order valence-electron chi connectivity index (χ4n) is 2.31. The van der Waals surface area contributed by atoms with E-state index >= 15 is 0 Å². The first-order chi connectivity index (χ1) is 8.02. The number of rotatable bonds is 1. The molecule has 0 spiro atoms. The summed E-state index contributed by atoms with van der Waals surface area (Å²) in [7, 11) is 0. The Morgan fingerprint density at radius 1 is 1.11 bits per heavy atom. The molecule has 3 aliphatic heterocycles. The summed E-state index contributed by atoms with van der Waals surface area (Å²) >= 11 is 0. The fraction of sp³-hybridized carbons (Fsp3) is 0.600. The number of piperidine rings is 1. The van der Waals surface area contributed by atoms with Crippen molar-refractivity contribution in [3.63, 3.8) is 0 Å². The van der Waals surface area contributed by atoms with Crippen LogP contribution in [-0.4, -0.2) is 35.1 Å². The zero-order chi connectivity index (χ0) is 12.0. The van der Waals surface area contributed by atoms with Crippen LogP contribution in [0.4, 0.5) is 19.1 Å². The van der Waals surface area contributed by atoms with Gasteiger partial charge >= 0.3 is 6.18 Å². The molecule has 4 nitrogen and oxygen atoms in total. The minimum Gasteiger partial charge on any atom is -0.338 e. The lowest BCUT2D eigenvalue weighted by Gasteiger charge is -2.48. The summed E-state index contributed by atoms with van der Waals surface area (Å²) < 4.78 is 37.0. The first-order valence-corrected chi connectivity index (χ1v) is 5.42. The number of fused-ring (bicyclic) bond motifs is 2. The first-order valence-electron chi connectivity index (χ1n) is 5.42. The van der Waals surface area contributed by atoms with Crippen LogP contribution in [0.5, 0.6) is 0 Å². The zero-order valence-corrected chi connectivity index (χ0v) is 11.4. The molecule has 1 aromatic rings. The average Bonchev–Trinajstić information content (AvgIpc) is 2.27. The largest absolute Gasteiger partial charge is 0.419 e. The van der Waals surface area contributed by atoms with E-state index in [4.69, 9.17) is 0 Å². The Bertz CT molecular complexity index is 410. The third kappa shape index (κ3) is 3.21. The van der Waals surface area contributed by atoms with E-state index in [1.165, 1.54) is 0 Å². The van der Waals surface area contributed by atoms with Gasteiger partial charge in [0.15, 0.2) is 0 Å². The molecule has 9 heteroatoms. The number of alkyl halides is 3. The lowest BCUT2D eigenvalue weighted by molar-refractivity contribution is -0.138. The van der Waals surface area contributed by atoms with E-state index in [-0.39, 0.29) is 24.8 Å². The number of nitrogens with one attached hydrogen (secondary N) is 1. The highest BCUT2D eigenvalue weighted by Crippen LogP contribution is 2.29. The van der Waals surface area contributed by atoms with Crippen LogP contribution in [0, 0.1) is 0 Å². The smallest absolute Gasteiger partial charge is 0.338 e. The van der Waals surface area contributed by atoms with Crippen molar-refractivity contribution in [3.05, 3.63) is 18.0 Å². The van der Waals surface area contributed by atoms with Crippen LogP contribution in [0.15, 0.2) is 12.4 Å². The molecule has 3 saturated heterocycles. The Morgan fingerprint density at radius 3 is 2.00 bits per heavy atom. The van der Waals surface area contributed by atoms with Crippen LogP contribution in [0.25, 0.3) is 0 Å². The predicted octanol–water partition coefficient (Wildman–Crippen LogP) is 1.89. The summed E-state index contributed by atoms with van der Waals surface area (Å²) in [6, 6.07) is 0.860. The first kappa shape index (κ1) is 16.3. The van der Waals surface area contributed by atoms with Crippen LogP contribution in [-0.2, 0) is 6.18 Å². The highest BCUT2D eigenvalue weighted by atomic mass is 35.5. The predicted molar refractivity (Wildman–Crippen MR) is 69.1 cm³/mol. The van der Waals surface area contributed by atoms with Crippen LogP contribution in [0.3, 0.4) is 0 Å². The van der Waals surface area contributed by atoms with Gasteiger partial charge in [0.25, 0.3) is 0 Å². The molecule has 4 heterocycles. The van der Waals surface area contributed by atoms with Gasteiger partial charge in [-0.05, 0) is 6.42 Å². The Kier molecular flexibility index (Phi) is 4.86. The monoisotopic (exact) mass is 316 g/mol. The SMILES string of the molecule is Cl.Cl.FC(F)(F)c1cnc(N2CC3CC(C2)N3)nc1. The molecule has 3 fully saturated rings. The molecule has 0 radical (unpaired) electrons. The summed E-state index contributed by atoms with van der Waals surface area (Å²) in [5.74, 6) is 0.384. The second-order valence-corrected chi connectivity index (χ2v) is 4.47. The summed E-state index contributed by atoms with van der Waals surface area (Å²) in [6.45, 7) is 1.53. The number of halogens is 5. The van der Waals surface area contributed by atoms with E-state index < -0.39 is 11.7 Å². The molecule has 0 aromatic carbocycles. The topological polar surface area (TPSA) is 41.1 Å². The maximum absolute atomic E-state index is 12.3. The van der Waals surface area contributed by atoms with Crippen molar-refractivity contribution >= 4 is 30.8 Å². The van der Waals surface area contributed by atoms with Gasteiger partial charge in [-0.2, -0.15) is 13.2 Å². The molecule has 3 aliphatic rings. The maximum Gasteiger partial charge on any atom is 0.419 e. The lowest BCUT2D eigenvalue weighted by Crippen LogP contribution is -2.67. The van der Waals surface area contributed by atoms with Gasteiger partial charge in [-0.3, -0.25) is 0 Å². The minimum atomic E-state index is -4.37. The number of aromatic nitrogens is 2. The van der Waals surface area contributed by atoms with Gasteiger partial charge < -0.3 is 10.2 Å². The second-order valence-electron chi connectivity index (χ2n) is 4.47. The molecule has 108 valence electrons. The summed E-state index contributed by atoms with van der Waals surface area (Å²) in [5.41, 5.74) is -0.804. The minimum absolute atomic E-state index is 0. The van der Waals surface area contributed by atoms with Crippen molar-refractivity contribution < 1.29 is 13.2 Å². The molecule has 19 heavy (non-hydrogen) atoms. The van der Waals surface area contributed by atoms with Crippen molar-refractivity contribution in [3.8, 4) is 0 Å². The van der Waals surface area contributed by atoms with E-state index in [2.05, 4.69) is 15.3 Å². The zero-order valence-electron chi connectivity index (χ0n) is 9.72. The van der Waals surface area contributed by atoms with E-state index in [1.807, 2.05) is 4.90 Å². The molecule has 1 aromatic heterocycles. The average molecular weight is 317 g/mol. The number of nitrogens with zero attached hydrogens (tertiary/aromatic N) is 3. The Balaban J connectivity index is 0.000000902. The van der Waals surface area contributed by atoms with Crippen LogP contribution in [0.1, 0.15) is 12.0 Å². The number of piperazine rings is 1. The van der Waals surface area contributed by atoms with Crippen molar-refractivity contribution in [1.82, 2.24) is 15.3 Å². The molecule has 0 saturated carbocycles. The molecule has 2 unspecified atom stereocenters. The highest BCUT2D eigenvalue weighted by molar-refractivity contribution is 5.85. The number of hydrogen-bond donors (Lipinski definition) is 1. The number of anilines is 1. The molecule has 2 atom stereocenters. The van der Waals surface area contributed by atoms with E-state index in [9.17, 15) is 13.2 Å². The van der Waals surface area contributed by atoms with E-state index in [0.717, 1.165) is 31.9 Å².